The first-order chi connectivity index (χ1) is 15.4. The number of benzene rings is 3. The quantitative estimate of drug-likeness (QED) is 0.468. The molecular formula is C24H20BrClN2O4. The predicted octanol–water partition coefficient (Wildman–Crippen LogP) is 5.52. The van der Waals surface area contributed by atoms with Crippen molar-refractivity contribution in [2.24, 2.45) is 5.73 Å². The number of methoxy groups -OCH3 is 1. The first-order valence-electron chi connectivity index (χ1n) is 9.87. The SMILES string of the molecule is COc1ccc(Br)cc1Oc1cc(Cl)ccc1[C@H]1CC(=O)N(c2cccc(C(N)=O)c2)C1. The average Bonchev–Trinajstić information content (AvgIpc) is 3.15. The van der Waals surface area contributed by atoms with Crippen LogP contribution in [0.25, 0.3) is 0 Å². The molecule has 1 fully saturated rings. The minimum Gasteiger partial charge on any atom is -0.493 e. The van der Waals surface area contributed by atoms with Crippen LogP contribution in [-0.4, -0.2) is 25.5 Å². The molecule has 0 spiro atoms. The highest BCUT2D eigenvalue weighted by Crippen LogP contribution is 2.41. The van der Waals surface area contributed by atoms with Gasteiger partial charge in [-0.1, -0.05) is 39.7 Å². The van der Waals surface area contributed by atoms with Crippen LogP contribution in [0.5, 0.6) is 17.2 Å². The Labute approximate surface area is 199 Å². The number of halogens is 2. The van der Waals surface area contributed by atoms with E-state index in [2.05, 4.69) is 15.9 Å². The van der Waals surface area contributed by atoms with Crippen LogP contribution >= 0.6 is 27.5 Å². The van der Waals surface area contributed by atoms with E-state index in [9.17, 15) is 9.59 Å². The summed E-state index contributed by atoms with van der Waals surface area (Å²) >= 11 is 9.70. The first kappa shape index (κ1) is 22.2. The molecular weight excluding hydrogens is 496 g/mol. The van der Waals surface area contributed by atoms with Gasteiger partial charge in [-0.3, -0.25) is 9.59 Å². The molecule has 0 aromatic heterocycles. The van der Waals surface area contributed by atoms with Gasteiger partial charge in [0.15, 0.2) is 11.5 Å². The number of nitrogens with two attached hydrogens (primary N) is 1. The Balaban J connectivity index is 1.65. The number of nitrogens with zero attached hydrogens (tertiary/aromatic N) is 1. The van der Waals surface area contributed by atoms with Gasteiger partial charge >= 0.3 is 0 Å². The van der Waals surface area contributed by atoms with Crippen LogP contribution in [-0.2, 0) is 4.79 Å². The Kier molecular flexibility index (Phi) is 6.39. The van der Waals surface area contributed by atoms with Gasteiger partial charge < -0.3 is 20.1 Å². The van der Waals surface area contributed by atoms with Gasteiger partial charge in [0.05, 0.1) is 7.11 Å². The van der Waals surface area contributed by atoms with Gasteiger partial charge in [-0.25, -0.2) is 0 Å². The summed E-state index contributed by atoms with van der Waals surface area (Å²) in [5.74, 6) is 0.959. The van der Waals surface area contributed by atoms with Crippen molar-refractivity contribution < 1.29 is 19.1 Å². The molecule has 2 amide bonds. The van der Waals surface area contributed by atoms with Gasteiger partial charge in [0, 0.05) is 45.2 Å². The summed E-state index contributed by atoms with van der Waals surface area (Å²) in [4.78, 5) is 26.0. The fourth-order valence-corrected chi connectivity index (χ4v) is 4.28. The largest absolute Gasteiger partial charge is 0.493 e. The van der Waals surface area contributed by atoms with E-state index in [1.807, 2.05) is 18.2 Å². The van der Waals surface area contributed by atoms with Gasteiger partial charge in [-0.15, -0.1) is 0 Å². The summed E-state index contributed by atoms with van der Waals surface area (Å²) in [7, 11) is 1.57. The van der Waals surface area contributed by atoms with Gasteiger partial charge in [0.1, 0.15) is 5.75 Å². The fourth-order valence-electron chi connectivity index (χ4n) is 3.78. The van der Waals surface area contributed by atoms with Crippen LogP contribution in [0, 0.1) is 0 Å². The van der Waals surface area contributed by atoms with Crippen molar-refractivity contribution in [3.8, 4) is 17.2 Å². The molecule has 0 radical (unpaired) electrons. The molecule has 8 heteroatoms. The molecule has 3 aromatic carbocycles. The molecule has 1 saturated heterocycles. The maximum atomic E-state index is 12.8. The Morgan fingerprint density at radius 1 is 1.09 bits per heavy atom. The van der Waals surface area contributed by atoms with Gasteiger partial charge in [0.25, 0.3) is 0 Å². The summed E-state index contributed by atoms with van der Waals surface area (Å²) in [5, 5.41) is 0.521. The molecule has 32 heavy (non-hydrogen) atoms. The van der Waals surface area contributed by atoms with Gasteiger partial charge in [-0.2, -0.15) is 0 Å². The monoisotopic (exact) mass is 514 g/mol. The number of hydrogen-bond acceptors (Lipinski definition) is 4. The Bertz CT molecular complexity index is 1200. The van der Waals surface area contributed by atoms with Crippen molar-refractivity contribution in [1.82, 2.24) is 0 Å². The lowest BCUT2D eigenvalue weighted by Gasteiger charge is -2.19. The summed E-state index contributed by atoms with van der Waals surface area (Å²) in [6.45, 7) is 0.439. The molecule has 1 heterocycles. The van der Waals surface area contributed by atoms with E-state index in [0.717, 1.165) is 10.0 Å². The molecule has 0 saturated carbocycles. The van der Waals surface area contributed by atoms with Crippen LogP contribution in [0.1, 0.15) is 28.3 Å². The number of carbonyl (C=O) groups is 2. The van der Waals surface area contributed by atoms with E-state index < -0.39 is 5.91 Å². The lowest BCUT2D eigenvalue weighted by atomic mass is 9.97. The number of anilines is 1. The smallest absolute Gasteiger partial charge is 0.248 e. The second-order valence-electron chi connectivity index (χ2n) is 7.40. The third kappa shape index (κ3) is 4.59. The average molecular weight is 516 g/mol. The highest BCUT2D eigenvalue weighted by Gasteiger charge is 2.33. The highest BCUT2D eigenvalue weighted by molar-refractivity contribution is 9.10. The molecule has 1 aliphatic rings. The molecule has 2 N–H and O–H groups in total. The zero-order valence-electron chi connectivity index (χ0n) is 17.2. The summed E-state index contributed by atoms with van der Waals surface area (Å²) in [6, 6.07) is 17.6. The minimum atomic E-state index is -0.536. The number of hydrogen-bond donors (Lipinski definition) is 1. The number of amides is 2. The summed E-state index contributed by atoms with van der Waals surface area (Å²) < 4.78 is 12.5. The molecule has 1 atom stereocenters. The van der Waals surface area contributed by atoms with Crippen LogP contribution in [0.3, 0.4) is 0 Å². The number of carbonyl (C=O) groups excluding carboxylic acids is 2. The van der Waals surface area contributed by atoms with Crippen molar-refractivity contribution >= 4 is 45.0 Å². The standard InChI is InChI=1S/C24H20BrClN2O4/c1-31-20-8-5-16(25)11-22(20)32-21-12-17(26)6-7-19(21)15-10-23(29)28(13-15)18-4-2-3-14(9-18)24(27)30/h2-9,11-12,15H,10,13H2,1H3,(H2,27,30)/t15-/m0/s1. The van der Waals surface area contributed by atoms with Gasteiger partial charge in [-0.05, 0) is 48.5 Å². The van der Waals surface area contributed by atoms with Crippen molar-refractivity contribution in [1.29, 1.82) is 0 Å². The van der Waals surface area contributed by atoms with E-state index in [0.29, 0.717) is 46.5 Å². The maximum absolute atomic E-state index is 12.8. The highest BCUT2D eigenvalue weighted by atomic mass is 79.9. The molecule has 0 aliphatic carbocycles. The molecule has 164 valence electrons. The van der Waals surface area contributed by atoms with E-state index in [-0.39, 0.29) is 11.8 Å². The molecule has 4 rings (SSSR count). The van der Waals surface area contributed by atoms with E-state index in [1.54, 1.807) is 54.5 Å². The molecule has 0 unspecified atom stereocenters. The van der Waals surface area contributed by atoms with E-state index in [4.69, 9.17) is 26.8 Å². The topological polar surface area (TPSA) is 81.9 Å². The lowest BCUT2D eigenvalue weighted by Crippen LogP contribution is -2.24. The molecule has 0 bridgehead atoms. The number of primary amides is 1. The van der Waals surface area contributed by atoms with Crippen LogP contribution < -0.4 is 20.1 Å². The Morgan fingerprint density at radius 2 is 1.91 bits per heavy atom. The van der Waals surface area contributed by atoms with Crippen LogP contribution in [0.4, 0.5) is 5.69 Å². The second-order valence-corrected chi connectivity index (χ2v) is 8.75. The number of ether oxygens (including phenoxy) is 2. The van der Waals surface area contributed by atoms with Crippen LogP contribution in [0.2, 0.25) is 5.02 Å². The van der Waals surface area contributed by atoms with Crippen molar-refractivity contribution in [3.63, 3.8) is 0 Å². The van der Waals surface area contributed by atoms with E-state index >= 15 is 0 Å². The van der Waals surface area contributed by atoms with Crippen molar-refractivity contribution in [2.45, 2.75) is 12.3 Å². The predicted molar refractivity (Wildman–Crippen MR) is 127 cm³/mol. The third-order valence-corrected chi connectivity index (χ3v) is 6.06. The zero-order chi connectivity index (χ0) is 22.8. The maximum Gasteiger partial charge on any atom is 0.248 e. The molecule has 1 aliphatic heterocycles. The lowest BCUT2D eigenvalue weighted by molar-refractivity contribution is -0.117. The van der Waals surface area contributed by atoms with E-state index in [1.165, 1.54) is 0 Å². The van der Waals surface area contributed by atoms with Gasteiger partial charge in [0.2, 0.25) is 11.8 Å². The van der Waals surface area contributed by atoms with Crippen molar-refractivity contribution in [2.75, 3.05) is 18.6 Å². The minimum absolute atomic E-state index is 0.0439. The van der Waals surface area contributed by atoms with Crippen molar-refractivity contribution in [3.05, 3.63) is 81.3 Å². The molecule has 6 nitrogen and oxygen atoms in total. The summed E-state index contributed by atoms with van der Waals surface area (Å²) in [5.41, 5.74) is 7.25. The second kappa shape index (κ2) is 9.22. The normalized spacial score (nSPS) is 15.7. The zero-order valence-corrected chi connectivity index (χ0v) is 19.5. The Hall–Kier alpha value is -3.03. The van der Waals surface area contributed by atoms with Crippen LogP contribution in [0.15, 0.2) is 65.1 Å². The molecule has 3 aromatic rings. The Morgan fingerprint density at radius 3 is 2.66 bits per heavy atom. The summed E-state index contributed by atoms with van der Waals surface area (Å²) in [6.07, 6.45) is 0.300. The number of rotatable bonds is 6. The fraction of sp³-hybridized carbons (Fsp3) is 0.167. The third-order valence-electron chi connectivity index (χ3n) is 5.33. The first-order valence-corrected chi connectivity index (χ1v) is 11.0.